The van der Waals surface area contributed by atoms with Crippen LogP contribution in [0.2, 0.25) is 0 Å². The van der Waals surface area contributed by atoms with E-state index in [1.807, 2.05) is 6.92 Å². The van der Waals surface area contributed by atoms with E-state index >= 15 is 0 Å². The van der Waals surface area contributed by atoms with Crippen LogP contribution in [0.15, 0.2) is 6.33 Å². The maximum atomic E-state index is 6.02. The summed E-state index contributed by atoms with van der Waals surface area (Å²) < 4.78 is 11.4. The first kappa shape index (κ1) is 13.9. The molecule has 1 aromatic heterocycles. The molecule has 1 N–H and O–H groups in total. The molecule has 1 aliphatic carbocycles. The lowest BCUT2D eigenvalue weighted by Crippen LogP contribution is -2.24. The van der Waals surface area contributed by atoms with E-state index in [0.29, 0.717) is 17.4 Å². The molecule has 2 unspecified atom stereocenters. The SMILES string of the molecule is CCNc1ncnc(OC2CCCC(C)C2)c1OC. The van der Waals surface area contributed by atoms with Crippen molar-refractivity contribution in [3.8, 4) is 11.6 Å². The Balaban J connectivity index is 2.12. The molecule has 0 bridgehead atoms. The highest BCUT2D eigenvalue weighted by atomic mass is 16.5. The average Bonchev–Trinajstić information content (AvgIpc) is 2.39. The van der Waals surface area contributed by atoms with Gasteiger partial charge in [0.05, 0.1) is 7.11 Å². The number of methoxy groups -OCH3 is 1. The maximum Gasteiger partial charge on any atom is 0.262 e. The second-order valence-electron chi connectivity index (χ2n) is 5.10. The molecular formula is C14H23N3O2. The summed E-state index contributed by atoms with van der Waals surface area (Å²) in [4.78, 5) is 8.39. The first-order valence-corrected chi connectivity index (χ1v) is 7.04. The Hall–Kier alpha value is -1.52. The predicted molar refractivity (Wildman–Crippen MR) is 74.8 cm³/mol. The van der Waals surface area contributed by atoms with Crippen molar-refractivity contribution in [2.45, 2.75) is 45.6 Å². The molecule has 1 fully saturated rings. The highest BCUT2D eigenvalue weighted by molar-refractivity contribution is 5.54. The van der Waals surface area contributed by atoms with Crippen molar-refractivity contribution in [2.24, 2.45) is 5.92 Å². The van der Waals surface area contributed by atoms with Crippen LogP contribution in [0.5, 0.6) is 11.6 Å². The van der Waals surface area contributed by atoms with Gasteiger partial charge in [-0.1, -0.05) is 13.3 Å². The summed E-state index contributed by atoms with van der Waals surface area (Å²) in [6, 6.07) is 0. The second kappa shape index (κ2) is 6.59. The highest BCUT2D eigenvalue weighted by Gasteiger charge is 2.23. The van der Waals surface area contributed by atoms with Crippen LogP contribution in [0, 0.1) is 5.92 Å². The van der Waals surface area contributed by atoms with Gasteiger partial charge in [0, 0.05) is 6.54 Å². The van der Waals surface area contributed by atoms with Gasteiger partial charge in [0.25, 0.3) is 5.88 Å². The van der Waals surface area contributed by atoms with Gasteiger partial charge in [-0.3, -0.25) is 0 Å². The fourth-order valence-corrected chi connectivity index (χ4v) is 2.56. The van der Waals surface area contributed by atoms with Gasteiger partial charge in [-0.2, -0.15) is 4.98 Å². The third kappa shape index (κ3) is 3.49. The van der Waals surface area contributed by atoms with E-state index in [4.69, 9.17) is 9.47 Å². The molecule has 0 aromatic carbocycles. The van der Waals surface area contributed by atoms with Crippen molar-refractivity contribution in [2.75, 3.05) is 19.0 Å². The molecule has 0 aliphatic heterocycles. The summed E-state index contributed by atoms with van der Waals surface area (Å²) in [5.41, 5.74) is 0. The largest absolute Gasteiger partial charge is 0.489 e. The summed E-state index contributed by atoms with van der Waals surface area (Å²) in [5, 5.41) is 3.16. The molecule has 0 saturated heterocycles. The van der Waals surface area contributed by atoms with Crippen molar-refractivity contribution in [3.63, 3.8) is 0 Å². The number of rotatable bonds is 5. The molecule has 19 heavy (non-hydrogen) atoms. The van der Waals surface area contributed by atoms with Crippen LogP contribution in [0.4, 0.5) is 5.82 Å². The van der Waals surface area contributed by atoms with Gasteiger partial charge in [0.1, 0.15) is 12.4 Å². The van der Waals surface area contributed by atoms with Crippen molar-refractivity contribution in [3.05, 3.63) is 6.33 Å². The van der Waals surface area contributed by atoms with Gasteiger partial charge in [-0.05, 0) is 32.1 Å². The summed E-state index contributed by atoms with van der Waals surface area (Å²) >= 11 is 0. The van der Waals surface area contributed by atoms with Crippen LogP contribution in [0.1, 0.15) is 39.5 Å². The predicted octanol–water partition coefficient (Wildman–Crippen LogP) is 2.87. The van der Waals surface area contributed by atoms with Crippen LogP contribution in [0.3, 0.4) is 0 Å². The van der Waals surface area contributed by atoms with Crippen molar-refractivity contribution in [1.82, 2.24) is 9.97 Å². The molecule has 1 aliphatic rings. The maximum absolute atomic E-state index is 6.02. The zero-order chi connectivity index (χ0) is 13.7. The van der Waals surface area contributed by atoms with Crippen molar-refractivity contribution >= 4 is 5.82 Å². The molecule has 0 amide bonds. The van der Waals surface area contributed by atoms with E-state index in [-0.39, 0.29) is 6.10 Å². The Morgan fingerprint density at radius 1 is 1.37 bits per heavy atom. The van der Waals surface area contributed by atoms with E-state index < -0.39 is 0 Å². The minimum atomic E-state index is 0.238. The quantitative estimate of drug-likeness (QED) is 0.887. The zero-order valence-corrected chi connectivity index (χ0v) is 12.0. The summed E-state index contributed by atoms with van der Waals surface area (Å²) in [5.74, 6) is 2.56. The fraction of sp³-hybridized carbons (Fsp3) is 0.714. The molecule has 5 heteroatoms. The lowest BCUT2D eigenvalue weighted by molar-refractivity contribution is 0.119. The Bertz CT molecular complexity index is 412. The fourth-order valence-electron chi connectivity index (χ4n) is 2.56. The molecule has 1 heterocycles. The highest BCUT2D eigenvalue weighted by Crippen LogP contribution is 2.34. The number of anilines is 1. The van der Waals surface area contributed by atoms with Gasteiger partial charge >= 0.3 is 0 Å². The van der Waals surface area contributed by atoms with Crippen LogP contribution in [-0.4, -0.2) is 29.7 Å². The second-order valence-corrected chi connectivity index (χ2v) is 5.10. The van der Waals surface area contributed by atoms with Crippen LogP contribution < -0.4 is 14.8 Å². The lowest BCUT2D eigenvalue weighted by Gasteiger charge is -2.27. The smallest absolute Gasteiger partial charge is 0.262 e. The number of ether oxygens (including phenoxy) is 2. The number of hydrogen-bond acceptors (Lipinski definition) is 5. The van der Waals surface area contributed by atoms with E-state index in [9.17, 15) is 0 Å². The number of nitrogens with one attached hydrogen (secondary N) is 1. The zero-order valence-electron chi connectivity index (χ0n) is 12.0. The Morgan fingerprint density at radius 3 is 2.89 bits per heavy atom. The minimum absolute atomic E-state index is 0.238. The topological polar surface area (TPSA) is 56.3 Å². The van der Waals surface area contributed by atoms with Crippen molar-refractivity contribution < 1.29 is 9.47 Å². The van der Waals surface area contributed by atoms with E-state index in [2.05, 4.69) is 22.2 Å². The molecule has 2 rings (SSSR count). The molecule has 106 valence electrons. The summed E-state index contributed by atoms with van der Waals surface area (Å²) in [7, 11) is 1.62. The first-order chi connectivity index (χ1) is 9.24. The van der Waals surface area contributed by atoms with Crippen LogP contribution in [-0.2, 0) is 0 Å². The van der Waals surface area contributed by atoms with Gasteiger partial charge in [-0.15, -0.1) is 0 Å². The summed E-state index contributed by atoms with van der Waals surface area (Å²) in [6.45, 7) is 5.08. The normalized spacial score (nSPS) is 22.9. The standard InChI is InChI=1S/C14H23N3O2/c1-4-15-13-12(18-3)14(17-9-16-13)19-11-7-5-6-10(2)8-11/h9-11H,4-8H2,1-3H3,(H,15,16,17). The van der Waals surface area contributed by atoms with Crippen molar-refractivity contribution in [1.29, 1.82) is 0 Å². The van der Waals surface area contributed by atoms with E-state index in [1.165, 1.54) is 19.2 Å². The number of aromatic nitrogens is 2. The molecule has 1 saturated carbocycles. The van der Waals surface area contributed by atoms with Gasteiger partial charge in [-0.25, -0.2) is 4.98 Å². The monoisotopic (exact) mass is 265 g/mol. The Kier molecular flexibility index (Phi) is 4.82. The van der Waals surface area contributed by atoms with Crippen LogP contribution in [0.25, 0.3) is 0 Å². The Labute approximate surface area is 114 Å². The third-order valence-corrected chi connectivity index (χ3v) is 3.49. The molecule has 0 spiro atoms. The molecule has 2 atom stereocenters. The number of hydrogen-bond donors (Lipinski definition) is 1. The van der Waals surface area contributed by atoms with Gasteiger partial charge < -0.3 is 14.8 Å². The van der Waals surface area contributed by atoms with E-state index in [1.54, 1.807) is 7.11 Å². The van der Waals surface area contributed by atoms with E-state index in [0.717, 1.165) is 25.3 Å². The molecule has 0 radical (unpaired) electrons. The Morgan fingerprint density at radius 2 is 2.21 bits per heavy atom. The molecule has 5 nitrogen and oxygen atoms in total. The lowest BCUT2D eigenvalue weighted by atomic mass is 9.89. The minimum Gasteiger partial charge on any atom is -0.489 e. The third-order valence-electron chi connectivity index (χ3n) is 3.49. The van der Waals surface area contributed by atoms with Gasteiger partial charge in [0.2, 0.25) is 5.75 Å². The molecule has 1 aromatic rings. The first-order valence-electron chi connectivity index (χ1n) is 7.04. The number of nitrogens with zero attached hydrogens (tertiary/aromatic N) is 2. The average molecular weight is 265 g/mol. The summed E-state index contributed by atoms with van der Waals surface area (Å²) in [6.07, 6.45) is 6.45. The molecular weight excluding hydrogens is 242 g/mol. The van der Waals surface area contributed by atoms with Crippen LogP contribution >= 0.6 is 0 Å². The van der Waals surface area contributed by atoms with Gasteiger partial charge in [0.15, 0.2) is 5.82 Å².